The molecule has 2 atom stereocenters. The van der Waals surface area contributed by atoms with Crippen LogP contribution in [-0.4, -0.2) is 34.1 Å². The molecule has 6 nitrogen and oxygen atoms in total. The van der Waals surface area contributed by atoms with E-state index in [0.29, 0.717) is 22.3 Å². The molecule has 1 aliphatic heterocycles. The minimum atomic E-state index is -0.108. The van der Waals surface area contributed by atoms with Gasteiger partial charge in [0.15, 0.2) is 0 Å². The third kappa shape index (κ3) is 4.44. The molecule has 1 N–H and O–H groups in total. The van der Waals surface area contributed by atoms with Crippen LogP contribution in [0.25, 0.3) is 16.6 Å². The van der Waals surface area contributed by atoms with Gasteiger partial charge in [0.05, 0.1) is 34.3 Å². The number of hydrogen-bond donors (Lipinski definition) is 1. The number of piperazine rings is 1. The molecule has 182 valence electrons. The number of nitrogens with zero attached hydrogens (tertiary/aromatic N) is 4. The highest BCUT2D eigenvalue weighted by atomic mass is 16.1. The van der Waals surface area contributed by atoms with Gasteiger partial charge in [0.1, 0.15) is 5.82 Å². The minimum absolute atomic E-state index is 0.0810. The van der Waals surface area contributed by atoms with Crippen molar-refractivity contribution in [1.29, 1.82) is 5.26 Å². The summed E-state index contributed by atoms with van der Waals surface area (Å²) in [4.78, 5) is 21.5. The average Bonchev–Trinajstić information content (AvgIpc) is 2.90. The smallest absolute Gasteiger partial charge is 0.266 e. The Morgan fingerprint density at radius 3 is 2.42 bits per heavy atom. The highest BCUT2D eigenvalue weighted by Crippen LogP contribution is 2.34. The van der Waals surface area contributed by atoms with E-state index >= 15 is 0 Å². The molecule has 0 amide bonds. The zero-order valence-corrected chi connectivity index (χ0v) is 21.0. The van der Waals surface area contributed by atoms with Crippen LogP contribution in [0.4, 0.5) is 0 Å². The van der Waals surface area contributed by atoms with Crippen molar-refractivity contribution in [1.82, 2.24) is 19.8 Å². The van der Waals surface area contributed by atoms with Crippen LogP contribution < -0.4 is 10.9 Å². The van der Waals surface area contributed by atoms with E-state index in [1.807, 2.05) is 31.2 Å². The summed E-state index contributed by atoms with van der Waals surface area (Å²) in [7, 11) is 0. The number of benzene rings is 3. The van der Waals surface area contributed by atoms with E-state index in [0.717, 1.165) is 37.3 Å². The van der Waals surface area contributed by atoms with Gasteiger partial charge in [0, 0.05) is 25.7 Å². The van der Waals surface area contributed by atoms with Gasteiger partial charge >= 0.3 is 0 Å². The molecule has 3 aromatic carbocycles. The third-order valence-corrected chi connectivity index (χ3v) is 7.15. The first-order valence-electron chi connectivity index (χ1n) is 12.6. The lowest BCUT2D eigenvalue weighted by Gasteiger charge is -2.41. The van der Waals surface area contributed by atoms with E-state index in [4.69, 9.17) is 4.98 Å². The molecule has 1 saturated heterocycles. The van der Waals surface area contributed by atoms with Crippen LogP contribution in [0.2, 0.25) is 0 Å². The molecule has 5 rings (SSSR count). The van der Waals surface area contributed by atoms with Crippen LogP contribution in [-0.2, 0) is 0 Å². The molecule has 4 aromatic rings. The molecule has 0 saturated carbocycles. The molecular formula is C30H31N5O. The SMILES string of the molecule is CCC(c1nc2cc(C#N)ccc2c(=O)n1-c1ccc(C)cc1)N1CCNCC1c1ccc(C)cc1. The minimum Gasteiger partial charge on any atom is -0.314 e. The number of aromatic nitrogens is 2. The van der Waals surface area contributed by atoms with Gasteiger partial charge in [0.2, 0.25) is 0 Å². The molecule has 0 spiro atoms. The summed E-state index contributed by atoms with van der Waals surface area (Å²) < 4.78 is 1.77. The van der Waals surface area contributed by atoms with E-state index in [9.17, 15) is 10.1 Å². The Morgan fingerprint density at radius 1 is 1.06 bits per heavy atom. The normalized spacial score (nSPS) is 17.1. The topological polar surface area (TPSA) is 74.0 Å². The van der Waals surface area contributed by atoms with Gasteiger partial charge in [-0.2, -0.15) is 5.26 Å². The summed E-state index contributed by atoms with van der Waals surface area (Å²) in [5, 5.41) is 13.5. The summed E-state index contributed by atoms with van der Waals surface area (Å²) in [5.74, 6) is 0.716. The summed E-state index contributed by atoms with van der Waals surface area (Å²) in [6.45, 7) is 8.85. The highest BCUT2D eigenvalue weighted by molar-refractivity contribution is 5.79. The van der Waals surface area contributed by atoms with E-state index in [2.05, 4.69) is 54.4 Å². The van der Waals surface area contributed by atoms with Crippen molar-refractivity contribution in [2.45, 2.75) is 39.3 Å². The molecule has 1 fully saturated rings. The third-order valence-electron chi connectivity index (χ3n) is 7.15. The van der Waals surface area contributed by atoms with Crippen molar-refractivity contribution in [2.24, 2.45) is 0 Å². The second-order valence-corrected chi connectivity index (χ2v) is 9.58. The van der Waals surface area contributed by atoms with Crippen LogP contribution in [0, 0.1) is 25.2 Å². The molecule has 0 bridgehead atoms. The van der Waals surface area contributed by atoms with Crippen molar-refractivity contribution in [2.75, 3.05) is 19.6 Å². The fourth-order valence-corrected chi connectivity index (χ4v) is 5.20. The monoisotopic (exact) mass is 477 g/mol. The number of nitriles is 1. The zero-order valence-electron chi connectivity index (χ0n) is 21.0. The summed E-state index contributed by atoms with van der Waals surface area (Å²) in [6.07, 6.45) is 0.796. The summed E-state index contributed by atoms with van der Waals surface area (Å²) >= 11 is 0. The molecule has 1 aliphatic rings. The van der Waals surface area contributed by atoms with Gasteiger partial charge in [-0.25, -0.2) is 4.98 Å². The Balaban J connectivity index is 1.72. The number of aryl methyl sites for hydroxylation is 2. The van der Waals surface area contributed by atoms with Crippen molar-refractivity contribution >= 4 is 10.9 Å². The first-order chi connectivity index (χ1) is 17.5. The van der Waals surface area contributed by atoms with E-state index in [1.54, 1.807) is 22.8 Å². The average molecular weight is 478 g/mol. The number of fused-ring (bicyclic) bond motifs is 1. The van der Waals surface area contributed by atoms with Gasteiger partial charge in [-0.15, -0.1) is 0 Å². The summed E-state index contributed by atoms with van der Waals surface area (Å²) in [6, 6.07) is 24.1. The molecule has 0 radical (unpaired) electrons. The van der Waals surface area contributed by atoms with Gasteiger partial charge in [-0.3, -0.25) is 14.3 Å². The largest absolute Gasteiger partial charge is 0.314 e. The molecular weight excluding hydrogens is 446 g/mol. The molecule has 1 aromatic heterocycles. The van der Waals surface area contributed by atoms with E-state index in [-0.39, 0.29) is 17.6 Å². The maximum Gasteiger partial charge on any atom is 0.266 e. The lowest BCUT2D eigenvalue weighted by atomic mass is 9.98. The maximum atomic E-state index is 13.9. The summed E-state index contributed by atoms with van der Waals surface area (Å²) in [5.41, 5.74) is 5.39. The fraction of sp³-hybridized carbons (Fsp3) is 0.300. The van der Waals surface area contributed by atoms with E-state index < -0.39 is 0 Å². The molecule has 6 heteroatoms. The van der Waals surface area contributed by atoms with Gasteiger partial charge < -0.3 is 5.32 Å². The first-order valence-corrected chi connectivity index (χ1v) is 12.6. The standard InChI is InChI=1S/C30H31N5O/c1-4-27(34-16-15-32-19-28(34)23-10-5-20(2)6-11-23)29-33-26-17-22(18-31)9-14-25(26)30(36)35(29)24-12-7-21(3)8-13-24/h5-14,17,27-28,32H,4,15-16,19H2,1-3H3. The van der Waals surface area contributed by atoms with Crippen LogP contribution in [0.3, 0.4) is 0 Å². The van der Waals surface area contributed by atoms with Crippen LogP contribution in [0.5, 0.6) is 0 Å². The van der Waals surface area contributed by atoms with Crippen molar-refractivity contribution in [3.8, 4) is 11.8 Å². The van der Waals surface area contributed by atoms with Crippen molar-refractivity contribution < 1.29 is 0 Å². The second-order valence-electron chi connectivity index (χ2n) is 9.58. The maximum absolute atomic E-state index is 13.9. The molecule has 36 heavy (non-hydrogen) atoms. The van der Waals surface area contributed by atoms with Crippen LogP contribution in [0.15, 0.2) is 71.5 Å². The van der Waals surface area contributed by atoms with Gasteiger partial charge in [-0.1, -0.05) is 54.4 Å². The predicted octanol–water partition coefficient (Wildman–Crippen LogP) is 4.97. The van der Waals surface area contributed by atoms with E-state index in [1.165, 1.54) is 11.1 Å². The molecule has 2 heterocycles. The number of rotatable bonds is 5. The Kier molecular flexibility index (Phi) is 6.69. The Bertz CT molecular complexity index is 1480. The Labute approximate surface area is 211 Å². The Morgan fingerprint density at radius 2 is 1.75 bits per heavy atom. The van der Waals surface area contributed by atoms with Gasteiger partial charge in [0.25, 0.3) is 5.56 Å². The molecule has 0 aliphatic carbocycles. The lowest BCUT2D eigenvalue weighted by molar-refractivity contribution is 0.0961. The number of hydrogen-bond acceptors (Lipinski definition) is 5. The predicted molar refractivity (Wildman–Crippen MR) is 143 cm³/mol. The van der Waals surface area contributed by atoms with Crippen LogP contribution >= 0.6 is 0 Å². The fourth-order valence-electron chi connectivity index (χ4n) is 5.20. The second kappa shape index (κ2) is 10.1. The number of nitrogens with one attached hydrogen (secondary N) is 1. The molecule has 2 unspecified atom stereocenters. The quantitative estimate of drug-likeness (QED) is 0.439. The lowest BCUT2D eigenvalue weighted by Crippen LogP contribution is -2.48. The first kappa shape index (κ1) is 23.9. The highest BCUT2D eigenvalue weighted by Gasteiger charge is 2.33. The van der Waals surface area contributed by atoms with Crippen molar-refractivity contribution in [3.05, 3.63) is 105 Å². The van der Waals surface area contributed by atoms with Crippen LogP contribution in [0.1, 0.15) is 53.5 Å². The van der Waals surface area contributed by atoms with Gasteiger partial charge in [-0.05, 0) is 56.2 Å². The Hall–Kier alpha value is -3.79. The van der Waals surface area contributed by atoms with Crippen molar-refractivity contribution in [3.63, 3.8) is 0 Å². The zero-order chi connectivity index (χ0) is 25.2.